The summed E-state index contributed by atoms with van der Waals surface area (Å²) in [5, 5.41) is 8.94. The first-order valence-corrected chi connectivity index (χ1v) is 5.73. The lowest BCUT2D eigenvalue weighted by Gasteiger charge is -2.13. The van der Waals surface area contributed by atoms with Crippen LogP contribution < -0.4 is 10.5 Å². The minimum Gasteiger partial charge on any atom is -0.478 e. The van der Waals surface area contributed by atoms with Crippen LogP contribution >= 0.6 is 0 Å². The Morgan fingerprint density at radius 2 is 1.74 bits per heavy atom. The van der Waals surface area contributed by atoms with Crippen molar-refractivity contribution in [1.29, 1.82) is 0 Å². The molecule has 0 aliphatic rings. The second kappa shape index (κ2) is 4.97. The number of rotatable bonds is 3. The van der Waals surface area contributed by atoms with Gasteiger partial charge in [0, 0.05) is 37.7 Å². The van der Waals surface area contributed by atoms with Crippen LogP contribution in [0.4, 0.5) is 5.69 Å². The Bertz CT molecular complexity index is 657. The van der Waals surface area contributed by atoms with Crippen LogP contribution in [0.15, 0.2) is 47.4 Å². The Balaban J connectivity index is 2.49. The van der Waals surface area contributed by atoms with Crippen molar-refractivity contribution in [3.63, 3.8) is 0 Å². The highest BCUT2D eigenvalue weighted by Gasteiger charge is 2.06. The highest BCUT2D eigenvalue weighted by molar-refractivity contribution is 5.87. The number of carboxylic acid groups (broad SMARTS) is 1. The first-order chi connectivity index (χ1) is 8.99. The van der Waals surface area contributed by atoms with Gasteiger partial charge >= 0.3 is 5.97 Å². The van der Waals surface area contributed by atoms with E-state index in [4.69, 9.17) is 5.11 Å². The van der Waals surface area contributed by atoms with Crippen LogP contribution in [0.25, 0.3) is 5.69 Å². The van der Waals surface area contributed by atoms with Gasteiger partial charge in [-0.15, -0.1) is 0 Å². The van der Waals surface area contributed by atoms with Gasteiger partial charge in [-0.1, -0.05) is 0 Å². The molecule has 0 aliphatic heterocycles. The number of carbonyl (C=O) groups is 1. The van der Waals surface area contributed by atoms with Crippen LogP contribution in [0.1, 0.15) is 10.4 Å². The summed E-state index contributed by atoms with van der Waals surface area (Å²) < 4.78 is 1.32. The molecule has 19 heavy (non-hydrogen) atoms. The number of benzene rings is 1. The fraction of sp³-hybridized carbons (Fsp3) is 0.143. The van der Waals surface area contributed by atoms with E-state index in [0.29, 0.717) is 5.69 Å². The Morgan fingerprint density at radius 1 is 1.11 bits per heavy atom. The summed E-state index contributed by atoms with van der Waals surface area (Å²) in [4.78, 5) is 24.6. The third-order valence-corrected chi connectivity index (χ3v) is 2.80. The number of hydrogen-bond acceptors (Lipinski definition) is 3. The SMILES string of the molecule is CN(C)c1ccc(-n2cc(C(=O)O)ccc2=O)cc1. The maximum Gasteiger partial charge on any atom is 0.337 e. The van der Waals surface area contributed by atoms with E-state index in [1.807, 2.05) is 31.1 Å². The van der Waals surface area contributed by atoms with Crippen LogP contribution in [0.5, 0.6) is 0 Å². The van der Waals surface area contributed by atoms with E-state index >= 15 is 0 Å². The molecule has 0 radical (unpaired) electrons. The van der Waals surface area contributed by atoms with E-state index in [9.17, 15) is 9.59 Å². The summed E-state index contributed by atoms with van der Waals surface area (Å²) in [5.74, 6) is -1.06. The number of anilines is 1. The van der Waals surface area contributed by atoms with Crippen molar-refractivity contribution in [2.75, 3.05) is 19.0 Å². The number of hydrogen-bond donors (Lipinski definition) is 1. The van der Waals surface area contributed by atoms with Gasteiger partial charge in [0.15, 0.2) is 0 Å². The first-order valence-electron chi connectivity index (χ1n) is 5.73. The van der Waals surface area contributed by atoms with Crippen LogP contribution in [0.3, 0.4) is 0 Å². The molecule has 0 atom stereocenters. The maximum absolute atomic E-state index is 11.8. The zero-order chi connectivity index (χ0) is 14.0. The minimum atomic E-state index is -1.06. The normalized spacial score (nSPS) is 10.2. The van der Waals surface area contributed by atoms with E-state index < -0.39 is 5.97 Å². The molecule has 0 unspecified atom stereocenters. The molecular formula is C14H14N2O3. The number of carboxylic acids is 1. The molecule has 0 spiro atoms. The van der Waals surface area contributed by atoms with Gasteiger partial charge < -0.3 is 10.0 Å². The Kier molecular flexibility index (Phi) is 3.37. The smallest absolute Gasteiger partial charge is 0.337 e. The van der Waals surface area contributed by atoms with Crippen LogP contribution in [0.2, 0.25) is 0 Å². The molecule has 2 rings (SSSR count). The zero-order valence-electron chi connectivity index (χ0n) is 10.7. The predicted octanol–water partition coefficient (Wildman–Crippen LogP) is 1.60. The lowest BCUT2D eigenvalue weighted by atomic mass is 10.2. The van der Waals surface area contributed by atoms with Gasteiger partial charge in [0.1, 0.15) is 0 Å². The van der Waals surface area contributed by atoms with Gasteiger partial charge in [-0.05, 0) is 30.3 Å². The molecule has 98 valence electrons. The van der Waals surface area contributed by atoms with Crippen molar-refractivity contribution < 1.29 is 9.90 Å². The summed E-state index contributed by atoms with van der Waals surface area (Å²) >= 11 is 0. The van der Waals surface area contributed by atoms with Gasteiger partial charge in [0.2, 0.25) is 0 Å². The molecule has 2 aromatic rings. The van der Waals surface area contributed by atoms with Crippen molar-refractivity contribution in [3.05, 3.63) is 58.5 Å². The van der Waals surface area contributed by atoms with Crippen molar-refractivity contribution in [2.45, 2.75) is 0 Å². The predicted molar refractivity (Wildman–Crippen MR) is 73.3 cm³/mol. The van der Waals surface area contributed by atoms with Crippen molar-refractivity contribution in [2.24, 2.45) is 0 Å². The van der Waals surface area contributed by atoms with Gasteiger partial charge in [0.25, 0.3) is 5.56 Å². The van der Waals surface area contributed by atoms with E-state index in [1.165, 1.54) is 22.9 Å². The Hall–Kier alpha value is -2.56. The highest BCUT2D eigenvalue weighted by Crippen LogP contribution is 2.14. The van der Waals surface area contributed by atoms with E-state index in [2.05, 4.69) is 0 Å². The van der Waals surface area contributed by atoms with Crippen molar-refractivity contribution in [3.8, 4) is 5.69 Å². The lowest BCUT2D eigenvalue weighted by molar-refractivity contribution is 0.0696. The second-order valence-electron chi connectivity index (χ2n) is 4.34. The number of pyridine rings is 1. The summed E-state index contributed by atoms with van der Waals surface area (Å²) in [6.07, 6.45) is 1.33. The average Bonchev–Trinajstić information content (AvgIpc) is 2.39. The maximum atomic E-state index is 11.8. The zero-order valence-corrected chi connectivity index (χ0v) is 10.7. The molecule has 0 aliphatic carbocycles. The minimum absolute atomic E-state index is 0.0799. The summed E-state index contributed by atoms with van der Waals surface area (Å²) in [6.45, 7) is 0. The molecule has 1 heterocycles. The molecule has 1 N–H and O–H groups in total. The number of aromatic carboxylic acids is 1. The molecule has 1 aromatic carbocycles. The third kappa shape index (κ3) is 2.65. The topological polar surface area (TPSA) is 62.5 Å². The van der Waals surface area contributed by atoms with Crippen molar-refractivity contribution in [1.82, 2.24) is 4.57 Å². The van der Waals surface area contributed by atoms with Crippen LogP contribution in [-0.4, -0.2) is 29.7 Å². The fourth-order valence-corrected chi connectivity index (χ4v) is 1.73. The number of nitrogens with zero attached hydrogens (tertiary/aromatic N) is 2. The Labute approximate surface area is 110 Å². The van der Waals surface area contributed by atoms with Crippen LogP contribution in [-0.2, 0) is 0 Å². The van der Waals surface area contributed by atoms with Gasteiger partial charge in [0.05, 0.1) is 5.56 Å². The standard InChI is InChI=1S/C14H14N2O3/c1-15(2)11-4-6-12(7-5-11)16-9-10(14(18)19)3-8-13(16)17/h3-9H,1-2H3,(H,18,19). The van der Waals surface area contributed by atoms with Gasteiger partial charge in [-0.25, -0.2) is 4.79 Å². The molecule has 5 heteroatoms. The highest BCUT2D eigenvalue weighted by atomic mass is 16.4. The molecule has 0 saturated heterocycles. The van der Waals surface area contributed by atoms with Crippen LogP contribution in [0, 0.1) is 0 Å². The molecule has 0 amide bonds. The summed E-state index contributed by atoms with van der Waals surface area (Å²) in [5.41, 5.74) is 1.46. The summed E-state index contributed by atoms with van der Waals surface area (Å²) in [7, 11) is 3.85. The molecule has 5 nitrogen and oxygen atoms in total. The average molecular weight is 258 g/mol. The lowest BCUT2D eigenvalue weighted by Crippen LogP contribution is -2.18. The van der Waals surface area contributed by atoms with Crippen molar-refractivity contribution >= 4 is 11.7 Å². The largest absolute Gasteiger partial charge is 0.478 e. The van der Waals surface area contributed by atoms with E-state index in [-0.39, 0.29) is 11.1 Å². The number of aromatic nitrogens is 1. The molecule has 0 bridgehead atoms. The first kappa shape index (κ1) is 12.9. The molecular weight excluding hydrogens is 244 g/mol. The fourth-order valence-electron chi connectivity index (χ4n) is 1.73. The van der Waals surface area contributed by atoms with Gasteiger partial charge in [-0.3, -0.25) is 9.36 Å². The van der Waals surface area contributed by atoms with Gasteiger partial charge in [-0.2, -0.15) is 0 Å². The quantitative estimate of drug-likeness (QED) is 0.908. The Morgan fingerprint density at radius 3 is 2.26 bits per heavy atom. The van der Waals surface area contributed by atoms with E-state index in [1.54, 1.807) is 12.1 Å². The third-order valence-electron chi connectivity index (χ3n) is 2.80. The van der Waals surface area contributed by atoms with E-state index in [0.717, 1.165) is 5.69 Å². The molecule has 0 saturated carbocycles. The monoisotopic (exact) mass is 258 g/mol. The molecule has 0 fully saturated rings. The summed E-state index contributed by atoms with van der Waals surface area (Å²) in [6, 6.07) is 9.85. The molecule has 1 aromatic heterocycles. The second-order valence-corrected chi connectivity index (χ2v) is 4.34.